The fourth-order valence-corrected chi connectivity index (χ4v) is 3.27. The average molecular weight is 362 g/mol. The number of methoxy groups -OCH3 is 1. The van der Waals surface area contributed by atoms with Gasteiger partial charge in [0, 0.05) is 25.8 Å². The highest BCUT2D eigenvalue weighted by molar-refractivity contribution is 5.95. The number of carbonyl (C=O) groups excluding carboxylic acids is 2. The molecule has 2 rings (SSSR count). The van der Waals surface area contributed by atoms with Gasteiger partial charge in [0.15, 0.2) is 6.10 Å². The maximum absolute atomic E-state index is 12.8. The lowest BCUT2D eigenvalue weighted by atomic mass is 9.96. The Bertz CT molecular complexity index is 668. The van der Waals surface area contributed by atoms with Crippen LogP contribution in [0.15, 0.2) is 18.2 Å². The van der Waals surface area contributed by atoms with Gasteiger partial charge in [0.25, 0.3) is 5.91 Å². The minimum atomic E-state index is -1.12. The zero-order valence-electron chi connectivity index (χ0n) is 15.4. The van der Waals surface area contributed by atoms with Gasteiger partial charge >= 0.3 is 5.97 Å². The summed E-state index contributed by atoms with van der Waals surface area (Å²) in [6.07, 6.45) is 0.338. The Labute approximate surface area is 153 Å². The molecule has 2 amide bonds. The Morgan fingerprint density at radius 3 is 2.50 bits per heavy atom. The van der Waals surface area contributed by atoms with Gasteiger partial charge in [-0.1, -0.05) is 17.2 Å². The molecule has 0 spiro atoms. The molecule has 1 aliphatic heterocycles. The quantitative estimate of drug-likeness (QED) is 0.797. The fraction of sp³-hybridized carbons (Fsp3) is 0.526. The first-order valence-corrected chi connectivity index (χ1v) is 8.72. The summed E-state index contributed by atoms with van der Waals surface area (Å²) in [6.45, 7) is 4.76. The van der Waals surface area contributed by atoms with Gasteiger partial charge < -0.3 is 20.1 Å². The van der Waals surface area contributed by atoms with Gasteiger partial charge in [-0.15, -0.1) is 0 Å². The van der Waals surface area contributed by atoms with Gasteiger partial charge in [0.2, 0.25) is 5.91 Å². The summed E-state index contributed by atoms with van der Waals surface area (Å²) in [5.41, 5.74) is 2.69. The SMILES string of the molecule is COC(CNC(=O)C1CCCN(C(=O)c2cc(C)cc(C)c2)C1)C(=O)O. The molecule has 2 atom stereocenters. The van der Waals surface area contributed by atoms with Crippen molar-refractivity contribution in [3.8, 4) is 0 Å². The van der Waals surface area contributed by atoms with Crippen molar-refractivity contribution in [2.24, 2.45) is 5.92 Å². The molecule has 0 aliphatic carbocycles. The van der Waals surface area contributed by atoms with Crippen LogP contribution in [0.2, 0.25) is 0 Å². The van der Waals surface area contributed by atoms with Crippen molar-refractivity contribution in [1.82, 2.24) is 10.2 Å². The van der Waals surface area contributed by atoms with E-state index in [1.807, 2.05) is 32.0 Å². The Balaban J connectivity index is 1.98. The number of benzene rings is 1. The number of ether oxygens (including phenoxy) is 1. The normalized spacial score (nSPS) is 18.3. The van der Waals surface area contributed by atoms with Crippen molar-refractivity contribution in [2.75, 3.05) is 26.7 Å². The number of likely N-dealkylation sites (tertiary alicyclic amines) is 1. The number of rotatable bonds is 6. The lowest BCUT2D eigenvalue weighted by Crippen LogP contribution is -2.47. The smallest absolute Gasteiger partial charge is 0.334 e. The minimum absolute atomic E-state index is 0.0744. The number of carbonyl (C=O) groups is 3. The second kappa shape index (κ2) is 8.80. The van der Waals surface area contributed by atoms with Crippen LogP contribution < -0.4 is 5.32 Å². The van der Waals surface area contributed by atoms with Crippen molar-refractivity contribution < 1.29 is 24.2 Å². The number of hydrogen-bond acceptors (Lipinski definition) is 4. The molecule has 2 unspecified atom stereocenters. The van der Waals surface area contributed by atoms with E-state index in [9.17, 15) is 14.4 Å². The molecular formula is C19H26N2O5. The summed E-state index contributed by atoms with van der Waals surface area (Å²) < 4.78 is 4.81. The highest BCUT2D eigenvalue weighted by atomic mass is 16.5. The maximum atomic E-state index is 12.8. The molecular weight excluding hydrogens is 336 g/mol. The molecule has 1 fully saturated rings. The highest BCUT2D eigenvalue weighted by Gasteiger charge is 2.29. The van der Waals surface area contributed by atoms with Gasteiger partial charge in [-0.05, 0) is 38.8 Å². The molecule has 1 aromatic rings. The molecule has 1 aromatic carbocycles. The molecule has 0 radical (unpaired) electrons. The molecule has 1 saturated heterocycles. The van der Waals surface area contributed by atoms with E-state index in [0.29, 0.717) is 25.1 Å². The molecule has 7 heteroatoms. The third-order valence-electron chi connectivity index (χ3n) is 4.57. The van der Waals surface area contributed by atoms with Gasteiger partial charge in [-0.2, -0.15) is 0 Å². The Kier molecular flexibility index (Phi) is 6.74. The van der Waals surface area contributed by atoms with Crippen LogP contribution in [-0.2, 0) is 14.3 Å². The topological polar surface area (TPSA) is 95.9 Å². The predicted octanol–water partition coefficient (Wildman–Crippen LogP) is 1.37. The molecule has 1 heterocycles. The minimum Gasteiger partial charge on any atom is -0.479 e. The molecule has 142 valence electrons. The Morgan fingerprint density at radius 2 is 1.92 bits per heavy atom. The first kappa shape index (κ1) is 19.9. The summed E-state index contributed by atoms with van der Waals surface area (Å²) in [4.78, 5) is 37.8. The molecule has 0 bridgehead atoms. The number of nitrogens with one attached hydrogen (secondary N) is 1. The zero-order valence-corrected chi connectivity index (χ0v) is 15.4. The van der Waals surface area contributed by atoms with Crippen LogP contribution in [0, 0.1) is 19.8 Å². The number of carboxylic acid groups (broad SMARTS) is 1. The number of nitrogens with zero attached hydrogens (tertiary/aromatic N) is 1. The number of carboxylic acids is 1. The summed E-state index contributed by atoms with van der Waals surface area (Å²) in [7, 11) is 1.29. The lowest BCUT2D eigenvalue weighted by Gasteiger charge is -2.32. The van der Waals surface area contributed by atoms with Crippen LogP contribution >= 0.6 is 0 Å². The van der Waals surface area contributed by atoms with E-state index in [-0.39, 0.29) is 24.3 Å². The number of aryl methyl sites for hydroxylation is 2. The monoisotopic (exact) mass is 362 g/mol. The van der Waals surface area contributed by atoms with Crippen molar-refractivity contribution >= 4 is 17.8 Å². The van der Waals surface area contributed by atoms with Crippen LogP contribution in [0.1, 0.15) is 34.3 Å². The van der Waals surface area contributed by atoms with Crippen LogP contribution in [0.25, 0.3) is 0 Å². The van der Waals surface area contributed by atoms with Crippen molar-refractivity contribution in [3.05, 3.63) is 34.9 Å². The molecule has 0 saturated carbocycles. The standard InChI is InChI=1S/C19H26N2O5/c1-12-7-13(2)9-15(8-12)18(23)21-6-4-5-14(11-21)17(22)20-10-16(26-3)19(24)25/h7-9,14,16H,4-6,10-11H2,1-3H3,(H,20,22)(H,24,25). The molecule has 26 heavy (non-hydrogen) atoms. The fourth-order valence-electron chi connectivity index (χ4n) is 3.27. The Morgan fingerprint density at radius 1 is 1.27 bits per heavy atom. The van der Waals surface area contributed by atoms with E-state index >= 15 is 0 Å². The van der Waals surface area contributed by atoms with Gasteiger partial charge in [-0.3, -0.25) is 9.59 Å². The zero-order chi connectivity index (χ0) is 19.3. The predicted molar refractivity (Wildman–Crippen MR) is 96.0 cm³/mol. The van der Waals surface area contributed by atoms with E-state index in [1.54, 1.807) is 4.90 Å². The first-order valence-electron chi connectivity index (χ1n) is 8.72. The molecule has 0 aromatic heterocycles. The van der Waals surface area contributed by atoms with E-state index < -0.39 is 12.1 Å². The summed E-state index contributed by atoms with van der Waals surface area (Å²) in [6, 6.07) is 5.72. The number of aliphatic carboxylic acids is 1. The van der Waals surface area contributed by atoms with E-state index in [4.69, 9.17) is 9.84 Å². The van der Waals surface area contributed by atoms with Gasteiger partial charge in [0.05, 0.1) is 12.5 Å². The largest absolute Gasteiger partial charge is 0.479 e. The van der Waals surface area contributed by atoms with Crippen molar-refractivity contribution in [2.45, 2.75) is 32.8 Å². The second-order valence-electron chi connectivity index (χ2n) is 6.77. The molecule has 2 N–H and O–H groups in total. The van der Waals surface area contributed by atoms with Crippen LogP contribution in [-0.4, -0.2) is 60.6 Å². The second-order valence-corrected chi connectivity index (χ2v) is 6.77. The Hall–Kier alpha value is -2.41. The summed E-state index contributed by atoms with van der Waals surface area (Å²) >= 11 is 0. The van der Waals surface area contributed by atoms with E-state index in [0.717, 1.165) is 17.5 Å². The highest BCUT2D eigenvalue weighted by Crippen LogP contribution is 2.20. The summed E-state index contributed by atoms with van der Waals surface area (Å²) in [5.74, 6) is -1.78. The first-order chi connectivity index (χ1) is 12.3. The van der Waals surface area contributed by atoms with E-state index in [1.165, 1.54) is 7.11 Å². The van der Waals surface area contributed by atoms with Crippen LogP contribution in [0.5, 0.6) is 0 Å². The number of hydrogen-bond donors (Lipinski definition) is 2. The average Bonchev–Trinajstić information content (AvgIpc) is 2.60. The van der Waals surface area contributed by atoms with Crippen LogP contribution in [0.3, 0.4) is 0 Å². The molecule has 1 aliphatic rings. The van der Waals surface area contributed by atoms with Crippen molar-refractivity contribution in [1.29, 1.82) is 0 Å². The third kappa shape index (κ3) is 5.05. The van der Waals surface area contributed by atoms with Gasteiger partial charge in [-0.25, -0.2) is 4.79 Å². The lowest BCUT2D eigenvalue weighted by molar-refractivity contribution is -0.148. The maximum Gasteiger partial charge on any atom is 0.334 e. The van der Waals surface area contributed by atoms with Gasteiger partial charge in [0.1, 0.15) is 0 Å². The van der Waals surface area contributed by atoms with E-state index in [2.05, 4.69) is 5.32 Å². The molecule has 7 nitrogen and oxygen atoms in total. The van der Waals surface area contributed by atoms with Crippen molar-refractivity contribution in [3.63, 3.8) is 0 Å². The number of piperidine rings is 1. The number of amides is 2. The van der Waals surface area contributed by atoms with Crippen LogP contribution in [0.4, 0.5) is 0 Å². The third-order valence-corrected chi connectivity index (χ3v) is 4.57. The summed E-state index contributed by atoms with van der Waals surface area (Å²) in [5, 5.41) is 11.6.